The van der Waals surface area contributed by atoms with Gasteiger partial charge in [-0.2, -0.15) is 13.2 Å². The molecule has 1 amide bonds. The van der Waals surface area contributed by atoms with Crippen molar-refractivity contribution in [1.82, 2.24) is 15.2 Å². The number of carbonyl (C=O) groups is 1. The summed E-state index contributed by atoms with van der Waals surface area (Å²) in [7, 11) is 0. The third-order valence-corrected chi connectivity index (χ3v) is 7.27. The van der Waals surface area contributed by atoms with Gasteiger partial charge in [-0.3, -0.25) is 5.32 Å². The third kappa shape index (κ3) is 8.73. The van der Waals surface area contributed by atoms with E-state index in [1.807, 2.05) is 30.3 Å². The summed E-state index contributed by atoms with van der Waals surface area (Å²) in [5.74, 6) is -0.875. The number of allylic oxidation sites excluding steroid dienone is 1. The van der Waals surface area contributed by atoms with Gasteiger partial charge in [0.1, 0.15) is 17.0 Å². The van der Waals surface area contributed by atoms with Crippen LogP contribution >= 0.6 is 0 Å². The van der Waals surface area contributed by atoms with Crippen LogP contribution in [-0.4, -0.2) is 51.2 Å². The fourth-order valence-corrected chi connectivity index (χ4v) is 5.16. The lowest BCUT2D eigenvalue weighted by atomic mass is 9.98. The molecule has 1 saturated heterocycles. The summed E-state index contributed by atoms with van der Waals surface area (Å²) in [6.07, 6.45) is -0.291. The number of carbonyl (C=O) groups excluding carboxylic acids is 1. The Kier molecular flexibility index (Phi) is 10.9. The number of nitrogens with zero attached hydrogens (tertiary/aromatic N) is 4. The number of halogens is 3. The van der Waals surface area contributed by atoms with Gasteiger partial charge in [0, 0.05) is 12.6 Å². The van der Waals surface area contributed by atoms with Gasteiger partial charge < -0.3 is 23.9 Å². The molecule has 0 radical (unpaired) electrons. The van der Waals surface area contributed by atoms with Crippen LogP contribution in [0.2, 0.25) is 0 Å². The fourth-order valence-electron chi connectivity index (χ4n) is 5.16. The Morgan fingerprint density at radius 2 is 1.91 bits per heavy atom. The van der Waals surface area contributed by atoms with E-state index >= 15 is 0 Å². The van der Waals surface area contributed by atoms with Crippen molar-refractivity contribution in [2.24, 2.45) is 0 Å². The summed E-state index contributed by atoms with van der Waals surface area (Å²) in [5.41, 5.74) is -3.42. The first-order chi connectivity index (χ1) is 21.7. The van der Waals surface area contributed by atoms with Crippen LogP contribution in [0.5, 0.6) is 0 Å². The molecule has 4 rings (SSSR count). The van der Waals surface area contributed by atoms with Crippen LogP contribution in [0.15, 0.2) is 66.1 Å². The highest BCUT2D eigenvalue weighted by molar-refractivity contribution is 5.90. The van der Waals surface area contributed by atoms with Crippen molar-refractivity contribution in [2.45, 2.75) is 82.9 Å². The molecule has 3 aromatic rings. The molecule has 0 bridgehead atoms. The Morgan fingerprint density at radius 1 is 1.17 bits per heavy atom. The van der Waals surface area contributed by atoms with Crippen LogP contribution in [0, 0.1) is 0 Å². The first-order valence-corrected chi connectivity index (χ1v) is 15.0. The van der Waals surface area contributed by atoms with Gasteiger partial charge in [-0.1, -0.05) is 42.5 Å². The van der Waals surface area contributed by atoms with E-state index in [1.54, 1.807) is 37.8 Å². The first-order valence-electron chi connectivity index (χ1n) is 15.0. The molecule has 2 N–H and O–H groups in total. The van der Waals surface area contributed by atoms with Gasteiger partial charge in [-0.05, 0) is 64.5 Å². The number of ether oxygens (including phenoxy) is 2. The van der Waals surface area contributed by atoms with Crippen molar-refractivity contribution >= 4 is 17.6 Å². The van der Waals surface area contributed by atoms with Crippen molar-refractivity contribution < 1.29 is 37.0 Å². The Balaban J connectivity index is 1.78. The van der Waals surface area contributed by atoms with Crippen molar-refractivity contribution in [3.8, 4) is 11.6 Å². The molecule has 10 nitrogen and oxygen atoms in total. The zero-order valence-electron chi connectivity index (χ0n) is 26.3. The molecule has 1 aliphatic rings. The predicted molar refractivity (Wildman–Crippen MR) is 167 cm³/mol. The normalized spacial score (nSPS) is 16.6. The van der Waals surface area contributed by atoms with Gasteiger partial charge in [0.15, 0.2) is 11.3 Å². The van der Waals surface area contributed by atoms with Gasteiger partial charge in [0.25, 0.3) is 11.8 Å². The second kappa shape index (κ2) is 14.5. The molecule has 1 fully saturated rings. The van der Waals surface area contributed by atoms with Crippen molar-refractivity contribution in [3.63, 3.8) is 0 Å². The minimum absolute atomic E-state index is 0.110. The Labute approximate surface area is 266 Å². The molecule has 0 spiro atoms. The van der Waals surface area contributed by atoms with E-state index in [-0.39, 0.29) is 54.7 Å². The molecule has 2 aromatic heterocycles. The molecule has 2 atom stereocenters. The highest BCUT2D eigenvalue weighted by Crippen LogP contribution is 2.43. The third-order valence-electron chi connectivity index (χ3n) is 7.27. The average molecular weight is 644 g/mol. The number of benzene rings is 1. The topological polar surface area (TPSA) is 123 Å². The number of hydrogen-bond donors (Lipinski definition) is 2. The van der Waals surface area contributed by atoms with Crippen LogP contribution in [0.25, 0.3) is 11.6 Å². The average Bonchev–Trinajstić information content (AvgIpc) is 3.66. The Hall–Kier alpha value is -4.23. The second-order valence-corrected chi connectivity index (χ2v) is 12.1. The van der Waals surface area contributed by atoms with E-state index in [2.05, 4.69) is 33.7 Å². The van der Waals surface area contributed by atoms with Crippen molar-refractivity contribution in [3.05, 3.63) is 78.7 Å². The lowest BCUT2D eigenvalue weighted by Gasteiger charge is -2.29. The molecular formula is C33H40F3N5O5. The number of pyridine rings is 1. The number of hydrogen-bond acceptors (Lipinski definition) is 9. The van der Waals surface area contributed by atoms with E-state index in [0.717, 1.165) is 11.6 Å². The minimum atomic E-state index is -4.81. The summed E-state index contributed by atoms with van der Waals surface area (Å²) in [4.78, 5) is 18.8. The Bertz CT molecular complexity index is 1510. The predicted octanol–water partition coefficient (Wildman–Crippen LogP) is 7.41. The molecule has 248 valence electrons. The number of aromatic nitrogens is 3. The standard InChI is InChI=1S/C33H40F3N5O5/c1-6-8-17-32(43,21-44-20-22-14-10-9-11-15-22)29-40-39-28(45-29)26-25(37-30(42)46-31(3,4)5)19-24(33(34,35)36)27(38-26)41-18-12-16-23(41)13-7-2/h6-7,9-11,14-15,19,23,43H,1-2,8,12-13,16-18,20-21H2,3-5H3,(H,37,42)/t23-,32?/m1/s1. The van der Waals surface area contributed by atoms with E-state index in [0.29, 0.717) is 32.2 Å². The molecule has 0 aliphatic carbocycles. The van der Waals surface area contributed by atoms with Crippen molar-refractivity contribution in [1.29, 1.82) is 0 Å². The van der Waals surface area contributed by atoms with E-state index < -0.39 is 29.0 Å². The summed E-state index contributed by atoms with van der Waals surface area (Å²) in [5, 5.41) is 22.1. The highest BCUT2D eigenvalue weighted by atomic mass is 19.4. The van der Waals surface area contributed by atoms with Crippen LogP contribution in [0.1, 0.15) is 69.9 Å². The molecule has 3 heterocycles. The van der Waals surface area contributed by atoms with Crippen LogP contribution in [0.3, 0.4) is 0 Å². The lowest BCUT2D eigenvalue weighted by molar-refractivity contribution is -0.137. The van der Waals surface area contributed by atoms with Gasteiger partial charge in [0.05, 0.1) is 18.9 Å². The minimum Gasteiger partial charge on any atom is -0.444 e. The van der Waals surface area contributed by atoms with E-state index in [1.165, 1.54) is 0 Å². The summed E-state index contributed by atoms with van der Waals surface area (Å²) < 4.78 is 60.6. The zero-order valence-corrected chi connectivity index (χ0v) is 26.3. The molecule has 13 heteroatoms. The smallest absolute Gasteiger partial charge is 0.420 e. The summed E-state index contributed by atoms with van der Waals surface area (Å²) in [6.45, 7) is 12.6. The second-order valence-electron chi connectivity index (χ2n) is 12.1. The number of rotatable bonds is 13. The molecule has 1 aliphatic heterocycles. The lowest BCUT2D eigenvalue weighted by Crippen LogP contribution is -2.32. The number of amides is 1. The van der Waals surface area contributed by atoms with Crippen LogP contribution in [-0.2, 0) is 27.9 Å². The maximum absolute atomic E-state index is 14.5. The van der Waals surface area contributed by atoms with Crippen LogP contribution in [0.4, 0.5) is 29.5 Å². The van der Waals surface area contributed by atoms with Gasteiger partial charge in [0.2, 0.25) is 0 Å². The molecular weight excluding hydrogens is 603 g/mol. The molecule has 46 heavy (non-hydrogen) atoms. The first kappa shape index (κ1) is 34.6. The monoisotopic (exact) mass is 643 g/mol. The largest absolute Gasteiger partial charge is 0.444 e. The molecule has 1 aromatic carbocycles. The summed E-state index contributed by atoms with van der Waals surface area (Å²) >= 11 is 0. The molecule has 0 saturated carbocycles. The highest BCUT2D eigenvalue weighted by Gasteiger charge is 2.41. The number of nitrogens with one attached hydrogen (secondary N) is 1. The number of aliphatic hydroxyl groups is 1. The van der Waals surface area contributed by atoms with Gasteiger partial charge in [-0.15, -0.1) is 23.4 Å². The maximum atomic E-state index is 14.5. The van der Waals surface area contributed by atoms with E-state index in [9.17, 15) is 23.1 Å². The fraction of sp³-hybridized carbons (Fsp3) is 0.455. The number of anilines is 2. The summed E-state index contributed by atoms with van der Waals surface area (Å²) in [6, 6.07) is 9.89. The van der Waals surface area contributed by atoms with Gasteiger partial charge in [-0.25, -0.2) is 9.78 Å². The zero-order chi connectivity index (χ0) is 33.5. The van der Waals surface area contributed by atoms with Crippen LogP contribution < -0.4 is 10.2 Å². The quantitative estimate of drug-likeness (QED) is 0.183. The Morgan fingerprint density at radius 3 is 2.57 bits per heavy atom. The SMILES string of the molecule is C=CCCC(O)(COCc1ccccc1)c1nnc(-c2nc(N3CCC[C@H]3CC=C)c(C(F)(F)F)cc2NC(=O)OC(C)(C)C)o1. The molecule has 1 unspecified atom stereocenters. The van der Waals surface area contributed by atoms with Gasteiger partial charge >= 0.3 is 12.3 Å². The van der Waals surface area contributed by atoms with E-state index in [4.69, 9.17) is 13.9 Å². The maximum Gasteiger partial charge on any atom is 0.420 e. The van der Waals surface area contributed by atoms with Crippen molar-refractivity contribution in [2.75, 3.05) is 23.4 Å². The number of alkyl halides is 3.